The molecule has 0 aliphatic heterocycles. The Balaban J connectivity index is 1.93. The summed E-state index contributed by atoms with van der Waals surface area (Å²) in [5, 5.41) is 8.68. The molecule has 30 heavy (non-hydrogen) atoms. The molecule has 0 atom stereocenters. The van der Waals surface area contributed by atoms with E-state index >= 15 is 0 Å². The van der Waals surface area contributed by atoms with E-state index in [0.717, 1.165) is 12.8 Å². The molecule has 10 heteroatoms. The van der Waals surface area contributed by atoms with Gasteiger partial charge in [-0.15, -0.1) is 4.68 Å². The number of hydrogen-bond acceptors (Lipinski definition) is 7. The normalized spacial score (nSPS) is 11.1. The SMILES string of the molecule is CCC(CC)Oc1ccc2n(n1)c(N)n[n+]2CC(=O)c1cc(Br)cc(OC)c1OC. The van der Waals surface area contributed by atoms with Gasteiger partial charge in [-0.2, -0.15) is 0 Å². The Morgan fingerprint density at radius 1 is 1.23 bits per heavy atom. The highest BCUT2D eigenvalue weighted by molar-refractivity contribution is 9.10. The number of Topliss-reactive ketones (excluding diaryl/α,β-unsaturated/α-hetero) is 1. The van der Waals surface area contributed by atoms with Crippen molar-refractivity contribution in [2.24, 2.45) is 0 Å². The van der Waals surface area contributed by atoms with E-state index in [0.29, 0.717) is 33.1 Å². The first-order valence-electron chi connectivity index (χ1n) is 9.58. The molecular formula is C20H25BrN5O4+. The number of nitrogens with zero attached hydrogens (tertiary/aromatic N) is 4. The molecule has 160 valence electrons. The highest BCUT2D eigenvalue weighted by Crippen LogP contribution is 2.34. The molecule has 0 saturated carbocycles. The van der Waals surface area contributed by atoms with Gasteiger partial charge in [-0.3, -0.25) is 4.79 Å². The van der Waals surface area contributed by atoms with Gasteiger partial charge in [0.05, 0.1) is 19.8 Å². The second-order valence-electron chi connectivity index (χ2n) is 6.63. The number of rotatable bonds is 9. The lowest BCUT2D eigenvalue weighted by Gasteiger charge is -2.13. The van der Waals surface area contributed by atoms with Crippen LogP contribution in [0.15, 0.2) is 28.7 Å². The van der Waals surface area contributed by atoms with Crippen LogP contribution < -0.4 is 24.6 Å². The molecule has 2 N–H and O–H groups in total. The smallest absolute Gasteiger partial charge is 0.355 e. The summed E-state index contributed by atoms with van der Waals surface area (Å²) in [6.45, 7) is 4.07. The molecule has 0 bridgehead atoms. The van der Waals surface area contributed by atoms with Crippen molar-refractivity contribution in [1.29, 1.82) is 0 Å². The quantitative estimate of drug-likeness (QED) is 0.372. The fraction of sp³-hybridized carbons (Fsp3) is 0.400. The summed E-state index contributed by atoms with van der Waals surface area (Å²) in [7, 11) is 3.01. The third-order valence-corrected chi connectivity index (χ3v) is 5.19. The second kappa shape index (κ2) is 9.29. The molecule has 3 rings (SSSR count). The lowest BCUT2D eigenvalue weighted by atomic mass is 10.1. The number of fused-ring (bicyclic) bond motifs is 1. The molecule has 2 aromatic heterocycles. The molecule has 0 radical (unpaired) electrons. The van der Waals surface area contributed by atoms with Gasteiger partial charge in [0.15, 0.2) is 18.0 Å². The van der Waals surface area contributed by atoms with Crippen molar-refractivity contribution in [3.05, 3.63) is 34.3 Å². The van der Waals surface area contributed by atoms with Crippen LogP contribution in [-0.4, -0.2) is 40.8 Å². The first-order chi connectivity index (χ1) is 14.4. The average Bonchev–Trinajstić information content (AvgIpc) is 3.05. The topological polar surface area (TPSA) is 105 Å². The van der Waals surface area contributed by atoms with E-state index in [9.17, 15) is 4.79 Å². The van der Waals surface area contributed by atoms with Crippen LogP contribution in [0.25, 0.3) is 5.65 Å². The molecule has 0 spiro atoms. The zero-order chi connectivity index (χ0) is 21.8. The van der Waals surface area contributed by atoms with Crippen molar-refractivity contribution in [1.82, 2.24) is 14.7 Å². The van der Waals surface area contributed by atoms with Gasteiger partial charge in [0, 0.05) is 16.6 Å². The van der Waals surface area contributed by atoms with Crippen molar-refractivity contribution in [2.45, 2.75) is 39.3 Å². The van der Waals surface area contributed by atoms with E-state index in [4.69, 9.17) is 19.9 Å². The van der Waals surface area contributed by atoms with Crippen molar-refractivity contribution in [3.63, 3.8) is 0 Å². The number of hydrogen-bond donors (Lipinski definition) is 1. The van der Waals surface area contributed by atoms with Gasteiger partial charge in [0.1, 0.15) is 6.10 Å². The maximum absolute atomic E-state index is 13.0. The van der Waals surface area contributed by atoms with E-state index < -0.39 is 0 Å². The number of halogens is 1. The number of benzene rings is 1. The molecule has 9 nitrogen and oxygen atoms in total. The van der Waals surface area contributed by atoms with Crippen LogP contribution in [0.4, 0.5) is 5.95 Å². The third kappa shape index (κ3) is 4.33. The molecule has 1 aromatic carbocycles. The van der Waals surface area contributed by atoms with Crippen LogP contribution in [-0.2, 0) is 6.54 Å². The Bertz CT molecular complexity index is 1070. The van der Waals surface area contributed by atoms with Crippen molar-refractivity contribution < 1.29 is 23.7 Å². The molecule has 2 heterocycles. The van der Waals surface area contributed by atoms with Crippen LogP contribution in [0.2, 0.25) is 0 Å². The van der Waals surface area contributed by atoms with Crippen LogP contribution in [0, 0.1) is 0 Å². The second-order valence-corrected chi connectivity index (χ2v) is 7.54. The maximum Gasteiger partial charge on any atom is 0.355 e. The fourth-order valence-corrected chi connectivity index (χ4v) is 3.58. The van der Waals surface area contributed by atoms with Gasteiger partial charge in [0.25, 0.3) is 5.88 Å². The Kier molecular flexibility index (Phi) is 6.76. The van der Waals surface area contributed by atoms with Crippen LogP contribution >= 0.6 is 15.9 Å². The Hall–Kier alpha value is -2.88. The summed E-state index contributed by atoms with van der Waals surface area (Å²) in [5.41, 5.74) is 6.97. The predicted molar refractivity (Wildman–Crippen MR) is 114 cm³/mol. The number of nitrogens with two attached hydrogens (primary N) is 1. The maximum atomic E-state index is 13.0. The van der Waals surface area contributed by atoms with Crippen molar-refractivity contribution >= 4 is 33.3 Å². The standard InChI is InChI=1S/C20H25BrN5O4/c1-5-13(6-2)30-17-7-8-18-25(24-20(22)26(18)23-17)11-15(27)14-9-12(21)10-16(28-3)19(14)29-4/h7-10,13H,5-6,11H2,1-4H3,(H2,22,24)/q+1. The van der Waals surface area contributed by atoms with Gasteiger partial charge in [0.2, 0.25) is 5.78 Å². The molecule has 3 aromatic rings. The molecular weight excluding hydrogens is 454 g/mol. The lowest BCUT2D eigenvalue weighted by molar-refractivity contribution is -0.714. The number of ether oxygens (including phenoxy) is 3. The Morgan fingerprint density at radius 2 is 1.97 bits per heavy atom. The van der Waals surface area contributed by atoms with Gasteiger partial charge in [-0.1, -0.05) is 34.3 Å². The van der Waals surface area contributed by atoms with Gasteiger partial charge in [-0.25, -0.2) is 0 Å². The minimum Gasteiger partial charge on any atom is -0.493 e. The van der Waals surface area contributed by atoms with Gasteiger partial charge in [-0.05, 0) is 35.2 Å². The monoisotopic (exact) mass is 478 g/mol. The first kappa shape index (κ1) is 21.8. The minimum atomic E-state index is -0.214. The molecule has 0 saturated heterocycles. The summed E-state index contributed by atoms with van der Waals surface area (Å²) in [5.74, 6) is 1.22. The number of carbonyl (C=O) groups excluding carboxylic acids is 1. The number of anilines is 1. The number of nitrogen functional groups attached to an aromatic ring is 1. The van der Waals surface area contributed by atoms with Crippen molar-refractivity contribution in [3.8, 4) is 17.4 Å². The molecule has 0 aliphatic carbocycles. The van der Waals surface area contributed by atoms with Crippen molar-refractivity contribution in [2.75, 3.05) is 20.0 Å². The summed E-state index contributed by atoms with van der Waals surface area (Å²) in [4.78, 5) is 13.0. The van der Waals surface area contributed by atoms with Crippen LogP contribution in [0.5, 0.6) is 17.4 Å². The third-order valence-electron chi connectivity index (χ3n) is 4.73. The number of aromatic nitrogens is 4. The number of methoxy groups -OCH3 is 2. The van der Waals surface area contributed by atoms with Gasteiger partial charge >= 0.3 is 11.6 Å². The van der Waals surface area contributed by atoms with E-state index in [1.54, 1.807) is 24.3 Å². The lowest BCUT2D eigenvalue weighted by Crippen LogP contribution is -2.40. The molecule has 0 fully saturated rings. The predicted octanol–water partition coefficient (Wildman–Crippen LogP) is 2.83. The van der Waals surface area contributed by atoms with Crippen LogP contribution in [0.3, 0.4) is 0 Å². The largest absolute Gasteiger partial charge is 0.493 e. The summed E-state index contributed by atoms with van der Waals surface area (Å²) in [6.07, 6.45) is 1.83. The highest BCUT2D eigenvalue weighted by atomic mass is 79.9. The average molecular weight is 479 g/mol. The van der Waals surface area contributed by atoms with E-state index in [2.05, 4.69) is 40.0 Å². The van der Waals surface area contributed by atoms with E-state index in [1.807, 2.05) is 0 Å². The fourth-order valence-electron chi connectivity index (χ4n) is 3.15. The number of ketones is 1. The zero-order valence-electron chi connectivity index (χ0n) is 17.4. The number of carbonyl (C=O) groups is 1. The first-order valence-corrected chi connectivity index (χ1v) is 10.4. The van der Waals surface area contributed by atoms with E-state index in [1.165, 1.54) is 23.4 Å². The molecule has 0 unspecified atom stereocenters. The molecule has 0 amide bonds. The zero-order valence-corrected chi connectivity index (χ0v) is 19.0. The van der Waals surface area contributed by atoms with Gasteiger partial charge < -0.3 is 19.9 Å². The van der Waals surface area contributed by atoms with E-state index in [-0.39, 0.29) is 24.4 Å². The van der Waals surface area contributed by atoms with Crippen LogP contribution in [0.1, 0.15) is 37.0 Å². The summed E-state index contributed by atoms with van der Waals surface area (Å²) < 4.78 is 20.2. The minimum absolute atomic E-state index is 0.0505. The molecule has 0 aliphatic rings. The Labute approximate surface area is 182 Å². The Morgan fingerprint density at radius 3 is 2.60 bits per heavy atom. The summed E-state index contributed by atoms with van der Waals surface area (Å²) >= 11 is 3.40. The highest BCUT2D eigenvalue weighted by Gasteiger charge is 2.25. The summed E-state index contributed by atoms with van der Waals surface area (Å²) in [6, 6.07) is 6.95.